The van der Waals surface area contributed by atoms with Crippen LogP contribution in [0.4, 0.5) is 23.2 Å². The van der Waals surface area contributed by atoms with Crippen molar-refractivity contribution in [1.29, 1.82) is 0 Å². The summed E-state index contributed by atoms with van der Waals surface area (Å²) in [6.45, 7) is 3.06. The van der Waals surface area contributed by atoms with E-state index in [1.165, 1.54) is 12.1 Å². The van der Waals surface area contributed by atoms with Crippen LogP contribution in [-0.4, -0.2) is 58.5 Å². The third-order valence-electron chi connectivity index (χ3n) is 4.73. The van der Waals surface area contributed by atoms with E-state index in [-0.39, 0.29) is 19.2 Å². The van der Waals surface area contributed by atoms with E-state index in [4.69, 9.17) is 0 Å². The van der Waals surface area contributed by atoms with Gasteiger partial charge < -0.3 is 9.80 Å². The zero-order chi connectivity index (χ0) is 19.7. The summed E-state index contributed by atoms with van der Waals surface area (Å²) < 4.78 is 52.8. The molecule has 0 unspecified atom stereocenters. The highest BCUT2D eigenvalue weighted by atomic mass is 19.4. The van der Waals surface area contributed by atoms with Crippen molar-refractivity contribution < 1.29 is 17.6 Å². The first-order chi connectivity index (χ1) is 13.4. The lowest BCUT2D eigenvalue weighted by molar-refractivity contribution is -0.145. The van der Waals surface area contributed by atoms with E-state index < -0.39 is 11.9 Å². The van der Waals surface area contributed by atoms with Crippen molar-refractivity contribution in [1.82, 2.24) is 25.1 Å². The minimum Gasteiger partial charge on any atom is -0.368 e. The summed E-state index contributed by atoms with van der Waals surface area (Å²) in [5.74, 6) is 0.373. The van der Waals surface area contributed by atoms with Crippen molar-refractivity contribution in [3.8, 4) is 0 Å². The van der Waals surface area contributed by atoms with Crippen molar-refractivity contribution >= 4 is 11.6 Å². The number of benzene rings is 1. The second-order valence-corrected chi connectivity index (χ2v) is 6.58. The Morgan fingerprint density at radius 1 is 0.964 bits per heavy atom. The lowest BCUT2D eigenvalue weighted by atomic mass is 10.2. The van der Waals surface area contributed by atoms with Crippen LogP contribution in [0.5, 0.6) is 0 Å². The Morgan fingerprint density at radius 2 is 1.64 bits per heavy atom. The van der Waals surface area contributed by atoms with Crippen molar-refractivity contribution in [3.63, 3.8) is 0 Å². The van der Waals surface area contributed by atoms with Gasteiger partial charge in [-0.3, -0.25) is 5.43 Å². The fourth-order valence-electron chi connectivity index (χ4n) is 3.29. The van der Waals surface area contributed by atoms with Gasteiger partial charge in [0.15, 0.2) is 0 Å². The molecule has 0 radical (unpaired) electrons. The third kappa shape index (κ3) is 3.88. The number of guanidine groups is 1. The summed E-state index contributed by atoms with van der Waals surface area (Å²) in [4.78, 5) is 8.59. The third-order valence-corrected chi connectivity index (χ3v) is 4.73. The molecule has 7 nitrogen and oxygen atoms in total. The summed E-state index contributed by atoms with van der Waals surface area (Å²) in [5.41, 5.74) is 3.22. The molecule has 0 saturated carbocycles. The standard InChI is InChI=1S/C17H19F4N7/c18-13-1-3-14(4-2-13)25-7-9-26(10-8-25)16-22-11-27(24-16)12-28-15(5-6-23-28)17(19,20)21/h1-6H,7-12H2,(H,22,24). The number of halogens is 4. The summed E-state index contributed by atoms with van der Waals surface area (Å²) >= 11 is 0. The number of hydrazine groups is 1. The van der Waals surface area contributed by atoms with Gasteiger partial charge in [-0.1, -0.05) is 0 Å². The van der Waals surface area contributed by atoms with Crippen molar-refractivity contribution in [2.24, 2.45) is 4.99 Å². The molecule has 1 fully saturated rings. The molecule has 28 heavy (non-hydrogen) atoms. The molecule has 11 heteroatoms. The highest BCUT2D eigenvalue weighted by Crippen LogP contribution is 2.28. The molecular weight excluding hydrogens is 378 g/mol. The molecule has 0 aliphatic carbocycles. The zero-order valence-corrected chi connectivity index (χ0v) is 14.9. The molecule has 0 bridgehead atoms. The Balaban J connectivity index is 1.31. The van der Waals surface area contributed by atoms with Gasteiger partial charge in [0, 0.05) is 38.1 Å². The first-order valence-electron chi connectivity index (χ1n) is 8.81. The predicted octanol–water partition coefficient (Wildman–Crippen LogP) is 1.95. The monoisotopic (exact) mass is 397 g/mol. The molecule has 0 spiro atoms. The number of anilines is 1. The Kier molecular flexibility index (Phi) is 4.84. The van der Waals surface area contributed by atoms with Gasteiger partial charge in [0.05, 0.1) is 0 Å². The summed E-state index contributed by atoms with van der Waals surface area (Å²) in [6, 6.07) is 7.33. The summed E-state index contributed by atoms with van der Waals surface area (Å²) in [5, 5.41) is 5.32. The molecular formula is C17H19F4N7. The van der Waals surface area contributed by atoms with Crippen LogP contribution in [0.2, 0.25) is 0 Å². The van der Waals surface area contributed by atoms with Gasteiger partial charge in [-0.2, -0.15) is 23.3 Å². The van der Waals surface area contributed by atoms with Crippen molar-refractivity contribution in [3.05, 3.63) is 48.0 Å². The number of hydrogen-bond acceptors (Lipinski definition) is 6. The Morgan fingerprint density at radius 3 is 2.32 bits per heavy atom. The van der Waals surface area contributed by atoms with Crippen molar-refractivity contribution in [2.45, 2.75) is 12.8 Å². The number of nitrogens with zero attached hydrogens (tertiary/aromatic N) is 6. The summed E-state index contributed by atoms with van der Waals surface area (Å²) in [7, 11) is 0. The van der Waals surface area contributed by atoms with E-state index >= 15 is 0 Å². The van der Waals surface area contributed by atoms with Crippen LogP contribution in [0.15, 0.2) is 41.5 Å². The molecule has 1 aromatic heterocycles. The number of nitrogens with one attached hydrogen (secondary N) is 1. The summed E-state index contributed by atoms with van der Waals surface area (Å²) in [6.07, 6.45) is -3.31. The van der Waals surface area contributed by atoms with Gasteiger partial charge in [-0.05, 0) is 30.3 Å². The molecule has 1 N–H and O–H groups in total. The molecule has 2 aliphatic rings. The van der Waals surface area contributed by atoms with Crippen LogP contribution >= 0.6 is 0 Å². The van der Waals surface area contributed by atoms with Gasteiger partial charge in [0.2, 0.25) is 5.96 Å². The van der Waals surface area contributed by atoms with E-state index in [0.29, 0.717) is 19.0 Å². The largest absolute Gasteiger partial charge is 0.433 e. The van der Waals surface area contributed by atoms with Crippen LogP contribution in [0, 0.1) is 5.82 Å². The van der Waals surface area contributed by atoms with E-state index in [2.05, 4.69) is 20.4 Å². The number of rotatable bonds is 3. The minimum absolute atomic E-state index is 0.0651. The average Bonchev–Trinajstić information content (AvgIpc) is 3.32. The number of alkyl halides is 3. The molecule has 3 heterocycles. The van der Waals surface area contributed by atoms with Gasteiger partial charge in [-0.15, -0.1) is 0 Å². The molecule has 2 aliphatic heterocycles. The maximum Gasteiger partial charge on any atom is 0.433 e. The highest BCUT2D eigenvalue weighted by Gasteiger charge is 2.35. The normalized spacial score (nSPS) is 18.4. The molecule has 1 saturated heterocycles. The van der Waals surface area contributed by atoms with Crippen LogP contribution in [0.1, 0.15) is 5.69 Å². The molecule has 4 rings (SSSR count). The Labute approximate surface area is 158 Å². The van der Waals surface area contributed by atoms with Crippen LogP contribution < -0.4 is 10.3 Å². The maximum absolute atomic E-state index is 13.1. The average molecular weight is 397 g/mol. The lowest BCUT2D eigenvalue weighted by Crippen LogP contribution is -2.53. The minimum atomic E-state index is -4.45. The molecule has 0 amide bonds. The SMILES string of the molecule is Fc1ccc(N2CCN(C3=NCN(Cn4nccc4C(F)(F)F)N3)CC2)cc1. The lowest BCUT2D eigenvalue weighted by Gasteiger charge is -2.37. The molecule has 150 valence electrons. The smallest absolute Gasteiger partial charge is 0.368 e. The maximum atomic E-state index is 13.1. The van der Waals surface area contributed by atoms with E-state index in [0.717, 1.165) is 35.7 Å². The van der Waals surface area contributed by atoms with Crippen LogP contribution in [0.25, 0.3) is 0 Å². The molecule has 1 aromatic carbocycles. The van der Waals surface area contributed by atoms with Gasteiger partial charge in [0.25, 0.3) is 0 Å². The van der Waals surface area contributed by atoms with E-state index in [9.17, 15) is 17.6 Å². The van der Waals surface area contributed by atoms with E-state index in [1.54, 1.807) is 17.1 Å². The fourth-order valence-corrected chi connectivity index (χ4v) is 3.29. The molecule has 2 aromatic rings. The predicted molar refractivity (Wildman–Crippen MR) is 94.7 cm³/mol. The van der Waals surface area contributed by atoms with E-state index in [1.807, 2.05) is 4.90 Å². The molecule has 0 atom stereocenters. The Bertz CT molecular complexity index is 838. The van der Waals surface area contributed by atoms with Crippen LogP contribution in [0.3, 0.4) is 0 Å². The fraction of sp³-hybridized carbons (Fsp3) is 0.412. The van der Waals surface area contributed by atoms with Gasteiger partial charge in [0.1, 0.15) is 24.8 Å². The number of aromatic nitrogens is 2. The van der Waals surface area contributed by atoms with Gasteiger partial charge >= 0.3 is 6.18 Å². The first kappa shape index (κ1) is 18.5. The quantitative estimate of drug-likeness (QED) is 0.803. The second-order valence-electron chi connectivity index (χ2n) is 6.58. The number of piperazine rings is 1. The van der Waals surface area contributed by atoms with Gasteiger partial charge in [-0.25, -0.2) is 14.1 Å². The van der Waals surface area contributed by atoms with Crippen LogP contribution in [-0.2, 0) is 12.8 Å². The Hall–Kier alpha value is -2.82. The highest BCUT2D eigenvalue weighted by molar-refractivity contribution is 5.81. The van der Waals surface area contributed by atoms with Crippen molar-refractivity contribution in [2.75, 3.05) is 37.7 Å². The number of aliphatic imine (C=N–C) groups is 1. The number of hydrogen-bond donors (Lipinski definition) is 1. The first-order valence-corrected chi connectivity index (χ1v) is 8.81. The topological polar surface area (TPSA) is 51.9 Å². The second kappa shape index (κ2) is 7.30. The zero-order valence-electron chi connectivity index (χ0n) is 14.9.